The first-order valence-electron chi connectivity index (χ1n) is 6.91. The first kappa shape index (κ1) is 14.0. The Labute approximate surface area is 113 Å². The Balaban J connectivity index is 1.87. The van der Waals surface area contributed by atoms with Gasteiger partial charge in [-0.2, -0.15) is 0 Å². The summed E-state index contributed by atoms with van der Waals surface area (Å²) >= 11 is 0. The summed E-state index contributed by atoms with van der Waals surface area (Å²) in [7, 11) is 0. The van der Waals surface area contributed by atoms with Crippen LogP contribution in [0.1, 0.15) is 25.3 Å². The molecule has 0 aliphatic carbocycles. The quantitative estimate of drug-likeness (QED) is 0.871. The topological polar surface area (TPSA) is 41.1 Å². The van der Waals surface area contributed by atoms with Crippen LogP contribution in [0.15, 0.2) is 24.3 Å². The van der Waals surface area contributed by atoms with Crippen molar-refractivity contribution < 1.29 is 9.18 Å². The minimum absolute atomic E-state index is 0.0111. The maximum absolute atomic E-state index is 13.5. The number of amides is 1. The third-order valence-electron chi connectivity index (χ3n) is 3.57. The standard InChI is InChI=1S/C15H21FN2O/c1-11(9-12-5-2-3-7-14(12)16)15(19)18-13-6-4-8-17-10-13/h2-3,5,7,11,13,17H,4,6,8-10H2,1H3,(H,18,19). The highest BCUT2D eigenvalue weighted by Gasteiger charge is 2.20. The smallest absolute Gasteiger partial charge is 0.223 e. The molecule has 0 radical (unpaired) electrons. The van der Waals surface area contributed by atoms with Crippen LogP contribution in [0.2, 0.25) is 0 Å². The lowest BCUT2D eigenvalue weighted by atomic mass is 9.99. The highest BCUT2D eigenvalue weighted by atomic mass is 19.1. The van der Waals surface area contributed by atoms with E-state index in [0.29, 0.717) is 12.0 Å². The van der Waals surface area contributed by atoms with Crippen LogP contribution in [0.25, 0.3) is 0 Å². The number of rotatable bonds is 4. The Bertz CT molecular complexity index is 430. The zero-order valence-electron chi connectivity index (χ0n) is 11.3. The SMILES string of the molecule is CC(Cc1ccccc1F)C(=O)NC1CCCNC1. The van der Waals surface area contributed by atoms with Gasteiger partial charge in [0.05, 0.1) is 0 Å². The summed E-state index contributed by atoms with van der Waals surface area (Å²) in [5, 5.41) is 6.30. The molecule has 1 heterocycles. The van der Waals surface area contributed by atoms with E-state index >= 15 is 0 Å². The molecule has 2 atom stereocenters. The van der Waals surface area contributed by atoms with Gasteiger partial charge in [0.15, 0.2) is 0 Å². The Kier molecular flexibility index (Phi) is 4.91. The molecule has 104 valence electrons. The van der Waals surface area contributed by atoms with E-state index in [-0.39, 0.29) is 23.7 Å². The monoisotopic (exact) mass is 264 g/mol. The summed E-state index contributed by atoms with van der Waals surface area (Å²) in [4.78, 5) is 12.1. The van der Waals surface area contributed by atoms with Crippen LogP contribution in [0.3, 0.4) is 0 Å². The van der Waals surface area contributed by atoms with Crippen molar-refractivity contribution in [3.8, 4) is 0 Å². The molecule has 2 rings (SSSR count). The zero-order chi connectivity index (χ0) is 13.7. The van der Waals surface area contributed by atoms with Crippen molar-refractivity contribution >= 4 is 5.91 Å². The van der Waals surface area contributed by atoms with E-state index in [0.717, 1.165) is 25.9 Å². The van der Waals surface area contributed by atoms with E-state index in [9.17, 15) is 9.18 Å². The van der Waals surface area contributed by atoms with E-state index in [1.54, 1.807) is 18.2 Å². The first-order valence-corrected chi connectivity index (χ1v) is 6.91. The predicted molar refractivity (Wildman–Crippen MR) is 73.3 cm³/mol. The van der Waals surface area contributed by atoms with Gasteiger partial charge in [-0.1, -0.05) is 25.1 Å². The Hall–Kier alpha value is -1.42. The van der Waals surface area contributed by atoms with Gasteiger partial charge in [-0.05, 0) is 37.4 Å². The fraction of sp³-hybridized carbons (Fsp3) is 0.533. The number of benzene rings is 1. The lowest BCUT2D eigenvalue weighted by Gasteiger charge is -2.25. The molecule has 1 aromatic rings. The molecule has 1 fully saturated rings. The molecule has 0 spiro atoms. The molecule has 3 nitrogen and oxygen atoms in total. The minimum atomic E-state index is -0.235. The van der Waals surface area contributed by atoms with E-state index in [4.69, 9.17) is 0 Å². The summed E-state index contributed by atoms with van der Waals surface area (Å²) in [5.74, 6) is -0.433. The maximum Gasteiger partial charge on any atom is 0.223 e. The number of piperidine rings is 1. The number of hydrogen-bond acceptors (Lipinski definition) is 2. The van der Waals surface area contributed by atoms with Crippen molar-refractivity contribution in [2.24, 2.45) is 5.92 Å². The van der Waals surface area contributed by atoms with Crippen molar-refractivity contribution in [3.05, 3.63) is 35.6 Å². The summed E-state index contributed by atoms with van der Waals surface area (Å²) in [5.41, 5.74) is 0.604. The lowest BCUT2D eigenvalue weighted by molar-refractivity contribution is -0.125. The van der Waals surface area contributed by atoms with E-state index in [2.05, 4.69) is 10.6 Å². The summed E-state index contributed by atoms with van der Waals surface area (Å²) in [6.45, 7) is 3.70. The molecule has 1 aromatic carbocycles. The second-order valence-corrected chi connectivity index (χ2v) is 5.25. The van der Waals surface area contributed by atoms with Crippen LogP contribution in [0.4, 0.5) is 4.39 Å². The van der Waals surface area contributed by atoms with Gasteiger partial charge in [0.2, 0.25) is 5.91 Å². The van der Waals surface area contributed by atoms with E-state index < -0.39 is 0 Å². The Morgan fingerprint density at radius 1 is 1.53 bits per heavy atom. The lowest BCUT2D eigenvalue weighted by Crippen LogP contribution is -2.47. The fourth-order valence-corrected chi connectivity index (χ4v) is 2.40. The van der Waals surface area contributed by atoms with Gasteiger partial charge in [0.1, 0.15) is 5.82 Å². The third kappa shape index (κ3) is 4.03. The molecule has 0 saturated carbocycles. The van der Waals surface area contributed by atoms with Crippen molar-refractivity contribution in [1.82, 2.24) is 10.6 Å². The molecule has 1 saturated heterocycles. The highest BCUT2D eigenvalue weighted by molar-refractivity contribution is 5.78. The molecule has 2 unspecified atom stereocenters. The second kappa shape index (κ2) is 6.66. The summed E-state index contributed by atoms with van der Waals surface area (Å²) in [6.07, 6.45) is 2.55. The maximum atomic E-state index is 13.5. The van der Waals surface area contributed by atoms with Gasteiger partial charge in [0.25, 0.3) is 0 Å². The van der Waals surface area contributed by atoms with Gasteiger partial charge in [-0.15, -0.1) is 0 Å². The van der Waals surface area contributed by atoms with Crippen LogP contribution in [0, 0.1) is 11.7 Å². The van der Waals surface area contributed by atoms with Gasteiger partial charge in [0, 0.05) is 18.5 Å². The number of hydrogen-bond donors (Lipinski definition) is 2. The number of nitrogens with one attached hydrogen (secondary N) is 2. The minimum Gasteiger partial charge on any atom is -0.352 e. The van der Waals surface area contributed by atoms with Crippen LogP contribution >= 0.6 is 0 Å². The molecule has 1 aliphatic rings. The molecular weight excluding hydrogens is 243 g/mol. The van der Waals surface area contributed by atoms with Crippen molar-refractivity contribution in [3.63, 3.8) is 0 Å². The number of carbonyl (C=O) groups excluding carboxylic acids is 1. The zero-order valence-corrected chi connectivity index (χ0v) is 11.3. The van der Waals surface area contributed by atoms with Gasteiger partial charge in [-0.3, -0.25) is 4.79 Å². The van der Waals surface area contributed by atoms with Gasteiger partial charge >= 0.3 is 0 Å². The van der Waals surface area contributed by atoms with Crippen molar-refractivity contribution in [2.75, 3.05) is 13.1 Å². The fourth-order valence-electron chi connectivity index (χ4n) is 2.40. The van der Waals surface area contributed by atoms with Crippen LogP contribution < -0.4 is 10.6 Å². The Morgan fingerprint density at radius 2 is 2.32 bits per heavy atom. The molecule has 4 heteroatoms. The molecular formula is C15H21FN2O. The van der Waals surface area contributed by atoms with Crippen molar-refractivity contribution in [1.29, 1.82) is 0 Å². The largest absolute Gasteiger partial charge is 0.352 e. The number of halogens is 1. The average molecular weight is 264 g/mol. The van der Waals surface area contributed by atoms with Crippen LogP contribution in [-0.2, 0) is 11.2 Å². The number of carbonyl (C=O) groups is 1. The Morgan fingerprint density at radius 3 is 3.00 bits per heavy atom. The molecule has 19 heavy (non-hydrogen) atoms. The normalized spacial score (nSPS) is 20.8. The molecule has 2 N–H and O–H groups in total. The van der Waals surface area contributed by atoms with Gasteiger partial charge < -0.3 is 10.6 Å². The molecule has 0 bridgehead atoms. The van der Waals surface area contributed by atoms with E-state index in [1.807, 2.05) is 6.92 Å². The van der Waals surface area contributed by atoms with E-state index in [1.165, 1.54) is 6.07 Å². The molecule has 0 aromatic heterocycles. The second-order valence-electron chi connectivity index (χ2n) is 5.25. The van der Waals surface area contributed by atoms with Crippen molar-refractivity contribution in [2.45, 2.75) is 32.2 Å². The summed E-state index contributed by atoms with van der Waals surface area (Å²) in [6, 6.07) is 6.85. The highest BCUT2D eigenvalue weighted by Crippen LogP contribution is 2.13. The van der Waals surface area contributed by atoms with Crippen LogP contribution in [0.5, 0.6) is 0 Å². The molecule has 1 amide bonds. The van der Waals surface area contributed by atoms with Gasteiger partial charge in [-0.25, -0.2) is 4.39 Å². The third-order valence-corrected chi connectivity index (χ3v) is 3.57. The molecule has 1 aliphatic heterocycles. The predicted octanol–water partition coefficient (Wildman–Crippen LogP) is 1.87. The summed E-state index contributed by atoms with van der Waals surface area (Å²) < 4.78 is 13.5. The average Bonchev–Trinajstić information content (AvgIpc) is 2.42. The first-order chi connectivity index (χ1) is 9.16. The van der Waals surface area contributed by atoms with Crippen LogP contribution in [-0.4, -0.2) is 25.0 Å².